The maximum absolute atomic E-state index is 14.9. The van der Waals surface area contributed by atoms with Gasteiger partial charge in [-0.3, -0.25) is 19.0 Å². The Morgan fingerprint density at radius 2 is 1.88 bits per heavy atom. The highest BCUT2D eigenvalue weighted by Crippen LogP contribution is 2.32. The molecule has 13 nitrogen and oxygen atoms in total. The molecule has 0 spiro atoms. The third-order valence-corrected chi connectivity index (χ3v) is 8.38. The lowest BCUT2D eigenvalue weighted by atomic mass is 10.0. The number of nitrogens with zero attached hydrogens (tertiary/aromatic N) is 4. The molecule has 1 aliphatic carbocycles. The molecule has 4 aromatic rings. The number of aryl methyl sites for hydroxylation is 1. The number of imidazole rings is 1. The zero-order chi connectivity index (χ0) is 34.4. The zero-order valence-electron chi connectivity index (χ0n) is 26.8. The normalized spacial score (nSPS) is 16.4. The number of benzene rings is 2. The van der Waals surface area contributed by atoms with E-state index in [0.29, 0.717) is 60.6 Å². The largest absolute Gasteiger partial charge is 0.494 e. The van der Waals surface area contributed by atoms with Crippen LogP contribution in [-0.4, -0.2) is 63.9 Å². The number of hydrogen-bond donors (Lipinski definition) is 6. The van der Waals surface area contributed by atoms with Crippen LogP contribution in [0.4, 0.5) is 20.3 Å². The SMILES string of the molecule is CCc1cc(Nc2nccn3c(-c4ccc(OC)c(F)c4F)cnc23)ccc1C(=O)NC1CCC(NC(=O)C(N)CCCN=C(N)N)C1. The second-order valence-corrected chi connectivity index (χ2v) is 11.7. The summed E-state index contributed by atoms with van der Waals surface area (Å²) in [5.41, 5.74) is 19.5. The highest BCUT2D eigenvalue weighted by atomic mass is 19.2. The number of amides is 2. The molecule has 2 aromatic carbocycles. The maximum atomic E-state index is 14.9. The van der Waals surface area contributed by atoms with E-state index in [0.717, 1.165) is 18.4 Å². The van der Waals surface area contributed by atoms with Crippen LogP contribution in [0.1, 0.15) is 54.9 Å². The van der Waals surface area contributed by atoms with Crippen molar-refractivity contribution in [2.24, 2.45) is 22.2 Å². The maximum Gasteiger partial charge on any atom is 0.251 e. The molecule has 1 saturated carbocycles. The number of carbonyl (C=O) groups excluding carboxylic acids is 2. The van der Waals surface area contributed by atoms with Crippen molar-refractivity contribution in [2.45, 2.75) is 63.6 Å². The first-order valence-electron chi connectivity index (χ1n) is 15.8. The number of rotatable bonds is 13. The number of aliphatic imine (C=N–C) groups is 1. The Labute approximate surface area is 276 Å². The fourth-order valence-corrected chi connectivity index (χ4v) is 5.88. The fraction of sp³-hybridized carbons (Fsp3) is 0.364. The summed E-state index contributed by atoms with van der Waals surface area (Å²) in [5, 5.41) is 9.35. The van der Waals surface area contributed by atoms with Gasteiger partial charge in [-0.25, -0.2) is 14.4 Å². The molecule has 15 heteroatoms. The minimum Gasteiger partial charge on any atom is -0.494 e. The number of methoxy groups -OCH3 is 1. The molecule has 0 aliphatic heterocycles. The molecule has 2 amide bonds. The number of halogens is 2. The van der Waals surface area contributed by atoms with Crippen molar-refractivity contribution >= 4 is 34.9 Å². The van der Waals surface area contributed by atoms with Crippen LogP contribution >= 0.6 is 0 Å². The first-order chi connectivity index (χ1) is 23.1. The molecule has 0 saturated heterocycles. The van der Waals surface area contributed by atoms with Gasteiger partial charge < -0.3 is 37.9 Å². The Morgan fingerprint density at radius 1 is 1.10 bits per heavy atom. The number of ether oxygens (including phenoxy) is 1. The van der Waals surface area contributed by atoms with Crippen LogP contribution in [0.15, 0.2) is 53.9 Å². The Bertz CT molecular complexity index is 1820. The summed E-state index contributed by atoms with van der Waals surface area (Å²) < 4.78 is 35.8. The van der Waals surface area contributed by atoms with Gasteiger partial charge in [-0.05, 0) is 74.4 Å². The predicted molar refractivity (Wildman–Crippen MR) is 179 cm³/mol. The van der Waals surface area contributed by atoms with E-state index in [1.807, 2.05) is 13.0 Å². The van der Waals surface area contributed by atoms with E-state index < -0.39 is 17.7 Å². The van der Waals surface area contributed by atoms with Gasteiger partial charge in [0, 0.05) is 47.8 Å². The van der Waals surface area contributed by atoms with Crippen LogP contribution in [0, 0.1) is 11.6 Å². The molecule has 48 heavy (non-hydrogen) atoms. The van der Waals surface area contributed by atoms with Crippen molar-refractivity contribution in [3.05, 3.63) is 71.7 Å². The Hall–Kier alpha value is -5.31. The van der Waals surface area contributed by atoms with Gasteiger partial charge in [0.2, 0.25) is 11.7 Å². The number of fused-ring (bicyclic) bond motifs is 1. The standard InChI is InChI=1S/C33H40F2N10O3/c1-3-18-15-19(42-29-30-41-17-25(45(30)14-13-39-29)23-10-11-26(48-2)28(35)27(23)34)8-9-22(18)31(46)43-20-6-7-21(16-20)44-32(47)24(36)5-4-12-40-33(37)38/h8-11,13-15,17,20-21,24H,3-7,12,16,36H2,1-2H3,(H,39,42)(H,43,46)(H,44,47)(H4,37,38,40). The van der Waals surface area contributed by atoms with Crippen LogP contribution in [0.25, 0.3) is 16.9 Å². The molecule has 254 valence electrons. The highest BCUT2D eigenvalue weighted by molar-refractivity contribution is 5.96. The van der Waals surface area contributed by atoms with E-state index in [1.165, 1.54) is 31.6 Å². The summed E-state index contributed by atoms with van der Waals surface area (Å²) in [7, 11) is 1.27. The van der Waals surface area contributed by atoms with Crippen LogP contribution in [-0.2, 0) is 11.2 Å². The summed E-state index contributed by atoms with van der Waals surface area (Å²) in [5.74, 6) is -2.34. The highest BCUT2D eigenvalue weighted by Gasteiger charge is 2.29. The molecule has 3 atom stereocenters. The third-order valence-electron chi connectivity index (χ3n) is 8.38. The number of nitrogens with one attached hydrogen (secondary N) is 3. The monoisotopic (exact) mass is 662 g/mol. The fourth-order valence-electron chi connectivity index (χ4n) is 5.88. The van der Waals surface area contributed by atoms with E-state index in [4.69, 9.17) is 21.9 Å². The molecule has 0 radical (unpaired) electrons. The quantitative estimate of drug-likeness (QED) is 0.0707. The number of aromatic nitrogens is 3. The smallest absolute Gasteiger partial charge is 0.251 e. The predicted octanol–water partition coefficient (Wildman–Crippen LogP) is 3.14. The van der Waals surface area contributed by atoms with Crippen molar-refractivity contribution in [3.63, 3.8) is 0 Å². The summed E-state index contributed by atoms with van der Waals surface area (Å²) in [6.07, 6.45) is 8.29. The van der Waals surface area contributed by atoms with E-state index in [1.54, 1.807) is 22.7 Å². The van der Waals surface area contributed by atoms with Crippen molar-refractivity contribution < 1.29 is 23.1 Å². The lowest BCUT2D eigenvalue weighted by molar-refractivity contribution is -0.123. The van der Waals surface area contributed by atoms with E-state index in [9.17, 15) is 18.4 Å². The van der Waals surface area contributed by atoms with Crippen LogP contribution in [0.3, 0.4) is 0 Å². The minimum absolute atomic E-state index is 0.00618. The molecule has 5 rings (SSSR count). The van der Waals surface area contributed by atoms with Gasteiger partial charge >= 0.3 is 0 Å². The van der Waals surface area contributed by atoms with Gasteiger partial charge in [-0.1, -0.05) is 6.92 Å². The second kappa shape index (κ2) is 15.1. The van der Waals surface area contributed by atoms with Crippen molar-refractivity contribution in [2.75, 3.05) is 19.0 Å². The van der Waals surface area contributed by atoms with Crippen LogP contribution in [0.5, 0.6) is 5.75 Å². The van der Waals surface area contributed by atoms with Crippen LogP contribution in [0.2, 0.25) is 0 Å². The summed E-state index contributed by atoms with van der Waals surface area (Å²) in [6.45, 7) is 2.37. The molecule has 1 fully saturated rings. The molecular formula is C33H40F2N10O3. The van der Waals surface area contributed by atoms with E-state index >= 15 is 0 Å². The van der Waals surface area contributed by atoms with Gasteiger partial charge in [0.1, 0.15) is 0 Å². The van der Waals surface area contributed by atoms with Crippen molar-refractivity contribution in [3.8, 4) is 17.0 Å². The molecule has 1 aliphatic rings. The first kappa shape index (κ1) is 34.0. The average Bonchev–Trinajstić information content (AvgIpc) is 3.71. The Kier molecular flexibility index (Phi) is 10.7. The van der Waals surface area contributed by atoms with Crippen LogP contribution < -0.4 is 37.9 Å². The number of anilines is 2. The number of guanidine groups is 1. The average molecular weight is 663 g/mol. The lowest BCUT2D eigenvalue weighted by Crippen LogP contribution is -2.45. The first-order valence-corrected chi connectivity index (χ1v) is 15.8. The number of nitrogens with two attached hydrogens (primary N) is 3. The summed E-state index contributed by atoms with van der Waals surface area (Å²) in [4.78, 5) is 38.6. The summed E-state index contributed by atoms with van der Waals surface area (Å²) in [6, 6.07) is 7.35. The minimum atomic E-state index is -1.08. The summed E-state index contributed by atoms with van der Waals surface area (Å²) >= 11 is 0. The third kappa shape index (κ3) is 7.62. The zero-order valence-corrected chi connectivity index (χ0v) is 26.8. The van der Waals surface area contributed by atoms with Crippen molar-refractivity contribution in [1.29, 1.82) is 0 Å². The topological polar surface area (TPSA) is 200 Å². The molecule has 2 aromatic heterocycles. The number of carbonyl (C=O) groups is 2. The molecule has 9 N–H and O–H groups in total. The molecule has 2 heterocycles. The van der Waals surface area contributed by atoms with E-state index in [2.05, 4.69) is 30.9 Å². The Morgan fingerprint density at radius 3 is 2.60 bits per heavy atom. The van der Waals surface area contributed by atoms with E-state index in [-0.39, 0.29) is 41.2 Å². The second-order valence-electron chi connectivity index (χ2n) is 11.7. The van der Waals surface area contributed by atoms with Gasteiger partial charge in [0.05, 0.1) is 25.0 Å². The van der Waals surface area contributed by atoms with Gasteiger partial charge in [0.25, 0.3) is 5.91 Å². The van der Waals surface area contributed by atoms with Crippen molar-refractivity contribution in [1.82, 2.24) is 25.0 Å². The van der Waals surface area contributed by atoms with Gasteiger partial charge in [0.15, 0.2) is 29.0 Å². The Balaban J connectivity index is 1.22. The molecular weight excluding hydrogens is 622 g/mol. The lowest BCUT2D eigenvalue weighted by Gasteiger charge is -2.18. The van der Waals surface area contributed by atoms with Gasteiger partial charge in [-0.15, -0.1) is 0 Å². The van der Waals surface area contributed by atoms with Gasteiger partial charge in [-0.2, -0.15) is 4.39 Å². The number of hydrogen-bond acceptors (Lipinski definition) is 8. The molecule has 0 bridgehead atoms. The molecule has 3 unspecified atom stereocenters.